The molecule has 70 valence electrons. The Morgan fingerprint density at radius 3 is 2.79 bits per heavy atom. The summed E-state index contributed by atoms with van der Waals surface area (Å²) in [6, 6.07) is 10.5. The lowest BCUT2D eigenvalue weighted by atomic mass is 10.3. The van der Waals surface area contributed by atoms with Crippen LogP contribution in [0.2, 0.25) is 0 Å². The number of hydrogen-bond donors (Lipinski definition) is 0. The van der Waals surface area contributed by atoms with Crippen molar-refractivity contribution in [2.45, 2.75) is 6.04 Å². The number of rotatable bonds is 1. The fourth-order valence-corrected chi connectivity index (χ4v) is 1.10. The molecule has 1 aliphatic rings. The van der Waals surface area contributed by atoms with Crippen molar-refractivity contribution < 1.29 is 9.53 Å². The number of hydrogen-bond acceptors (Lipinski definition) is 3. The molecular formula is C10H8N2O2. The summed E-state index contributed by atoms with van der Waals surface area (Å²) in [5, 5.41) is 8.49. The quantitative estimate of drug-likeness (QED) is 0.626. The Morgan fingerprint density at radius 2 is 2.21 bits per heavy atom. The van der Waals surface area contributed by atoms with Gasteiger partial charge in [0.05, 0.1) is 12.6 Å². The molecule has 2 rings (SSSR count). The molecule has 4 heteroatoms. The molecule has 0 aromatic heterocycles. The Bertz CT molecular complexity index is 383. The first kappa shape index (κ1) is 8.57. The van der Waals surface area contributed by atoms with Gasteiger partial charge in [-0.1, -0.05) is 18.2 Å². The number of amides is 1. The number of ether oxygens (including phenoxy) is 1. The molecule has 1 atom stereocenters. The molecule has 1 fully saturated rings. The standard InChI is InChI=1S/C10H8N2O2/c11-6-8-7-12(8)10(13)14-9-4-2-1-3-5-9/h1-5,8H,7H2. The summed E-state index contributed by atoms with van der Waals surface area (Å²) < 4.78 is 5.01. The van der Waals surface area contributed by atoms with Gasteiger partial charge in [0.1, 0.15) is 11.8 Å². The van der Waals surface area contributed by atoms with Gasteiger partial charge >= 0.3 is 6.09 Å². The van der Waals surface area contributed by atoms with Gasteiger partial charge in [0.25, 0.3) is 0 Å². The van der Waals surface area contributed by atoms with E-state index in [-0.39, 0.29) is 6.04 Å². The van der Waals surface area contributed by atoms with Crippen LogP contribution in [0, 0.1) is 11.3 Å². The molecule has 0 aliphatic carbocycles. The van der Waals surface area contributed by atoms with Crippen LogP contribution < -0.4 is 4.74 Å². The highest BCUT2D eigenvalue weighted by Crippen LogP contribution is 2.19. The SMILES string of the molecule is N#CC1CN1C(=O)Oc1ccccc1. The lowest BCUT2D eigenvalue weighted by Crippen LogP contribution is -2.17. The van der Waals surface area contributed by atoms with Crippen LogP contribution in [0.1, 0.15) is 0 Å². The van der Waals surface area contributed by atoms with Crippen LogP contribution in [0.15, 0.2) is 30.3 Å². The van der Waals surface area contributed by atoms with E-state index in [1.165, 1.54) is 4.90 Å². The van der Waals surface area contributed by atoms with Gasteiger partial charge in [-0.15, -0.1) is 0 Å². The van der Waals surface area contributed by atoms with Crippen LogP contribution in [0.3, 0.4) is 0 Å². The van der Waals surface area contributed by atoms with Gasteiger partial charge in [-0.05, 0) is 12.1 Å². The topological polar surface area (TPSA) is 53.1 Å². The lowest BCUT2D eigenvalue weighted by Gasteiger charge is -2.03. The van der Waals surface area contributed by atoms with E-state index in [1.54, 1.807) is 24.3 Å². The highest BCUT2D eigenvalue weighted by molar-refractivity contribution is 5.74. The van der Waals surface area contributed by atoms with Crippen molar-refractivity contribution in [2.75, 3.05) is 6.54 Å². The van der Waals surface area contributed by atoms with E-state index in [9.17, 15) is 4.79 Å². The molecule has 1 aliphatic heterocycles. The number of carbonyl (C=O) groups is 1. The molecule has 0 bridgehead atoms. The molecule has 1 aromatic rings. The summed E-state index contributed by atoms with van der Waals surface area (Å²) in [6.45, 7) is 0.474. The van der Waals surface area contributed by atoms with E-state index in [2.05, 4.69) is 0 Å². The van der Waals surface area contributed by atoms with Crippen molar-refractivity contribution in [3.8, 4) is 11.8 Å². The monoisotopic (exact) mass is 188 g/mol. The zero-order valence-corrected chi connectivity index (χ0v) is 7.38. The molecule has 14 heavy (non-hydrogen) atoms. The largest absolute Gasteiger partial charge is 0.416 e. The van der Waals surface area contributed by atoms with E-state index >= 15 is 0 Å². The van der Waals surface area contributed by atoms with E-state index in [0.717, 1.165) is 0 Å². The maximum atomic E-state index is 11.3. The van der Waals surface area contributed by atoms with Crippen LogP contribution in [-0.4, -0.2) is 23.6 Å². The summed E-state index contributed by atoms with van der Waals surface area (Å²) >= 11 is 0. The van der Waals surface area contributed by atoms with Crippen molar-refractivity contribution >= 4 is 6.09 Å². The first-order valence-corrected chi connectivity index (χ1v) is 4.24. The van der Waals surface area contributed by atoms with E-state index in [1.807, 2.05) is 12.1 Å². The second-order valence-electron chi connectivity index (χ2n) is 2.98. The highest BCUT2D eigenvalue weighted by atomic mass is 16.6. The van der Waals surface area contributed by atoms with Crippen molar-refractivity contribution in [1.82, 2.24) is 4.90 Å². The molecule has 1 unspecified atom stereocenters. The third-order valence-corrected chi connectivity index (χ3v) is 1.94. The van der Waals surface area contributed by atoms with Gasteiger partial charge in [-0.3, -0.25) is 4.90 Å². The fourth-order valence-electron chi connectivity index (χ4n) is 1.10. The predicted octanol–water partition coefficient (Wildman–Crippen LogP) is 1.39. The second-order valence-corrected chi connectivity index (χ2v) is 2.98. The second kappa shape index (κ2) is 3.38. The molecule has 0 radical (unpaired) electrons. The van der Waals surface area contributed by atoms with E-state index in [4.69, 9.17) is 10.00 Å². The van der Waals surface area contributed by atoms with Crippen LogP contribution in [-0.2, 0) is 0 Å². The number of carbonyl (C=O) groups excluding carboxylic acids is 1. The van der Waals surface area contributed by atoms with Gasteiger partial charge in [-0.2, -0.15) is 5.26 Å². The average Bonchev–Trinajstić information content (AvgIpc) is 2.98. The minimum Gasteiger partial charge on any atom is -0.410 e. The van der Waals surface area contributed by atoms with Crippen molar-refractivity contribution in [3.05, 3.63) is 30.3 Å². The molecule has 0 spiro atoms. The van der Waals surface area contributed by atoms with Gasteiger partial charge < -0.3 is 4.74 Å². The molecule has 1 heterocycles. The zero-order chi connectivity index (χ0) is 9.97. The van der Waals surface area contributed by atoms with Crippen molar-refractivity contribution in [3.63, 3.8) is 0 Å². The molecule has 4 nitrogen and oxygen atoms in total. The Hall–Kier alpha value is -2.02. The summed E-state index contributed by atoms with van der Waals surface area (Å²) in [4.78, 5) is 12.7. The minimum absolute atomic E-state index is 0.300. The van der Waals surface area contributed by atoms with Gasteiger partial charge in [0.2, 0.25) is 0 Å². The zero-order valence-electron chi connectivity index (χ0n) is 7.38. The normalized spacial score (nSPS) is 18.5. The molecular weight excluding hydrogens is 180 g/mol. The third kappa shape index (κ3) is 1.67. The first-order valence-electron chi connectivity index (χ1n) is 4.24. The molecule has 0 N–H and O–H groups in total. The summed E-state index contributed by atoms with van der Waals surface area (Å²) in [5.41, 5.74) is 0. The number of nitriles is 1. The molecule has 1 amide bonds. The third-order valence-electron chi connectivity index (χ3n) is 1.94. The number of benzene rings is 1. The first-order chi connectivity index (χ1) is 6.81. The summed E-state index contributed by atoms with van der Waals surface area (Å²) in [6.07, 6.45) is -0.456. The lowest BCUT2D eigenvalue weighted by molar-refractivity contribution is 0.184. The smallest absolute Gasteiger partial charge is 0.410 e. The predicted molar refractivity (Wildman–Crippen MR) is 48.6 cm³/mol. The number of nitrogens with zero attached hydrogens (tertiary/aromatic N) is 2. The molecule has 1 aromatic carbocycles. The Balaban J connectivity index is 1.94. The van der Waals surface area contributed by atoms with Crippen LogP contribution in [0.25, 0.3) is 0 Å². The Labute approximate surface area is 81.3 Å². The van der Waals surface area contributed by atoms with Gasteiger partial charge in [-0.25, -0.2) is 4.79 Å². The minimum atomic E-state index is -0.456. The van der Waals surface area contributed by atoms with Crippen LogP contribution in [0.4, 0.5) is 4.79 Å². The number of para-hydroxylation sites is 1. The summed E-state index contributed by atoms with van der Waals surface area (Å²) in [5.74, 6) is 0.501. The van der Waals surface area contributed by atoms with Crippen LogP contribution in [0.5, 0.6) is 5.75 Å². The van der Waals surface area contributed by atoms with Crippen LogP contribution >= 0.6 is 0 Å². The highest BCUT2D eigenvalue weighted by Gasteiger charge is 2.40. The fraction of sp³-hybridized carbons (Fsp3) is 0.200. The Kier molecular flexibility index (Phi) is 2.07. The van der Waals surface area contributed by atoms with Crippen molar-refractivity contribution in [2.24, 2.45) is 0 Å². The maximum absolute atomic E-state index is 11.3. The average molecular weight is 188 g/mol. The van der Waals surface area contributed by atoms with E-state index < -0.39 is 6.09 Å². The van der Waals surface area contributed by atoms with Crippen molar-refractivity contribution in [1.29, 1.82) is 5.26 Å². The molecule has 0 saturated carbocycles. The van der Waals surface area contributed by atoms with Gasteiger partial charge in [0.15, 0.2) is 0 Å². The molecule has 1 saturated heterocycles. The maximum Gasteiger partial charge on any atom is 0.416 e. The van der Waals surface area contributed by atoms with Gasteiger partial charge in [0, 0.05) is 0 Å². The van der Waals surface area contributed by atoms with E-state index in [0.29, 0.717) is 12.3 Å². The Morgan fingerprint density at radius 1 is 1.50 bits per heavy atom. The summed E-state index contributed by atoms with van der Waals surface area (Å²) in [7, 11) is 0.